The van der Waals surface area contributed by atoms with Crippen molar-refractivity contribution in [3.63, 3.8) is 0 Å². The van der Waals surface area contributed by atoms with Crippen molar-refractivity contribution >= 4 is 5.91 Å². The second kappa shape index (κ2) is 6.11. The molecule has 25 heavy (non-hydrogen) atoms. The Labute approximate surface area is 151 Å². The standard InChI is InChI=1S/C20H32N4O/c1-20(2,3)24-18(14-9-10-14)13-15(21-24)19(25)23-12-6-8-17(23)16-7-5-11-22(16)4/h13-14,16-17H,5-12H2,1-4H3/t16-,17-/m0/s1. The van der Waals surface area contributed by atoms with Gasteiger partial charge in [0.05, 0.1) is 5.54 Å². The number of nitrogens with zero attached hydrogens (tertiary/aromatic N) is 4. The van der Waals surface area contributed by atoms with Crippen LogP contribution in [0.3, 0.4) is 0 Å². The highest BCUT2D eigenvalue weighted by Crippen LogP contribution is 2.42. The van der Waals surface area contributed by atoms with Crippen LogP contribution >= 0.6 is 0 Å². The van der Waals surface area contributed by atoms with Crippen molar-refractivity contribution < 1.29 is 4.79 Å². The lowest BCUT2D eigenvalue weighted by atomic mass is 10.0. The van der Waals surface area contributed by atoms with E-state index in [4.69, 9.17) is 5.10 Å². The zero-order chi connectivity index (χ0) is 17.8. The van der Waals surface area contributed by atoms with E-state index >= 15 is 0 Å². The number of aromatic nitrogens is 2. The van der Waals surface area contributed by atoms with Crippen molar-refractivity contribution in [2.45, 2.75) is 82.8 Å². The summed E-state index contributed by atoms with van der Waals surface area (Å²) in [5.41, 5.74) is 1.83. The van der Waals surface area contributed by atoms with Crippen LogP contribution in [-0.2, 0) is 5.54 Å². The molecule has 0 spiro atoms. The maximum absolute atomic E-state index is 13.3. The molecule has 1 amide bonds. The molecule has 3 fully saturated rings. The van der Waals surface area contributed by atoms with Crippen LogP contribution in [0.4, 0.5) is 0 Å². The van der Waals surface area contributed by atoms with Crippen LogP contribution in [0.25, 0.3) is 0 Å². The molecule has 5 nitrogen and oxygen atoms in total. The van der Waals surface area contributed by atoms with Crippen LogP contribution in [0.1, 0.15) is 81.4 Å². The molecule has 0 radical (unpaired) electrons. The van der Waals surface area contributed by atoms with E-state index in [0.717, 1.165) is 25.9 Å². The van der Waals surface area contributed by atoms with Gasteiger partial charge in [-0.15, -0.1) is 0 Å². The molecule has 0 aromatic carbocycles. The molecule has 1 aliphatic carbocycles. The lowest BCUT2D eigenvalue weighted by Crippen LogP contribution is -2.47. The van der Waals surface area contributed by atoms with Crippen LogP contribution in [-0.4, -0.2) is 57.7 Å². The van der Waals surface area contributed by atoms with Crippen molar-refractivity contribution in [3.8, 4) is 0 Å². The van der Waals surface area contributed by atoms with Gasteiger partial charge in [0.15, 0.2) is 5.69 Å². The fraction of sp³-hybridized carbons (Fsp3) is 0.800. The van der Waals surface area contributed by atoms with E-state index in [1.54, 1.807) is 0 Å². The van der Waals surface area contributed by atoms with Crippen molar-refractivity contribution in [2.75, 3.05) is 20.1 Å². The Hall–Kier alpha value is -1.36. The van der Waals surface area contributed by atoms with Gasteiger partial charge in [0, 0.05) is 30.2 Å². The normalized spacial score (nSPS) is 28.1. The second-order valence-corrected chi connectivity index (χ2v) is 9.21. The van der Waals surface area contributed by atoms with E-state index in [0.29, 0.717) is 23.7 Å². The van der Waals surface area contributed by atoms with E-state index < -0.39 is 0 Å². The minimum Gasteiger partial charge on any atom is -0.333 e. The molecular weight excluding hydrogens is 312 g/mol. The van der Waals surface area contributed by atoms with Crippen LogP contribution in [0.5, 0.6) is 0 Å². The highest BCUT2D eigenvalue weighted by Gasteiger charge is 2.40. The fourth-order valence-electron chi connectivity index (χ4n) is 4.72. The zero-order valence-corrected chi connectivity index (χ0v) is 16.2. The molecule has 1 saturated carbocycles. The molecule has 138 valence electrons. The zero-order valence-electron chi connectivity index (χ0n) is 16.2. The Bertz CT molecular complexity index is 655. The molecule has 1 aromatic heterocycles. The Morgan fingerprint density at radius 3 is 2.36 bits per heavy atom. The Balaban J connectivity index is 1.60. The van der Waals surface area contributed by atoms with Gasteiger partial charge in [-0.2, -0.15) is 5.10 Å². The summed E-state index contributed by atoms with van der Waals surface area (Å²) in [6, 6.07) is 2.97. The van der Waals surface area contributed by atoms with E-state index in [-0.39, 0.29) is 11.4 Å². The Morgan fingerprint density at radius 2 is 1.76 bits per heavy atom. The summed E-state index contributed by atoms with van der Waals surface area (Å²) in [5.74, 6) is 0.747. The first-order valence-electron chi connectivity index (χ1n) is 9.98. The second-order valence-electron chi connectivity index (χ2n) is 9.21. The molecule has 2 atom stereocenters. The molecule has 4 rings (SSSR count). The van der Waals surface area contributed by atoms with Gasteiger partial charge < -0.3 is 9.80 Å². The molecule has 1 aromatic rings. The average molecular weight is 345 g/mol. The van der Waals surface area contributed by atoms with Crippen LogP contribution in [0.15, 0.2) is 6.07 Å². The first-order chi connectivity index (χ1) is 11.9. The minimum absolute atomic E-state index is 0.0769. The molecule has 0 unspecified atom stereocenters. The molecule has 0 bridgehead atoms. The lowest BCUT2D eigenvalue weighted by molar-refractivity contribution is 0.0657. The summed E-state index contributed by atoms with van der Waals surface area (Å²) in [6.07, 6.45) is 7.19. The van der Waals surface area contributed by atoms with Gasteiger partial charge >= 0.3 is 0 Å². The van der Waals surface area contributed by atoms with Gasteiger partial charge in [-0.3, -0.25) is 9.48 Å². The number of rotatable bonds is 3. The number of likely N-dealkylation sites (N-methyl/N-ethyl adjacent to an activating group) is 1. The maximum atomic E-state index is 13.3. The van der Waals surface area contributed by atoms with Crippen LogP contribution < -0.4 is 0 Å². The molecule has 3 heterocycles. The van der Waals surface area contributed by atoms with E-state index in [1.165, 1.54) is 31.4 Å². The topological polar surface area (TPSA) is 41.4 Å². The van der Waals surface area contributed by atoms with E-state index in [2.05, 4.69) is 48.4 Å². The van der Waals surface area contributed by atoms with Crippen molar-refractivity contribution in [3.05, 3.63) is 17.5 Å². The highest BCUT2D eigenvalue weighted by molar-refractivity contribution is 5.93. The van der Waals surface area contributed by atoms with Crippen molar-refractivity contribution in [2.24, 2.45) is 0 Å². The summed E-state index contributed by atoms with van der Waals surface area (Å²) >= 11 is 0. The number of carbonyl (C=O) groups is 1. The SMILES string of the molecule is CN1CCC[C@H]1[C@@H]1CCCN1C(=O)c1cc(C2CC2)n(C(C)(C)C)n1. The monoisotopic (exact) mass is 344 g/mol. The number of hydrogen-bond acceptors (Lipinski definition) is 3. The molecule has 5 heteroatoms. The van der Waals surface area contributed by atoms with Crippen molar-refractivity contribution in [1.29, 1.82) is 0 Å². The first-order valence-corrected chi connectivity index (χ1v) is 9.98. The Morgan fingerprint density at radius 1 is 1.08 bits per heavy atom. The summed E-state index contributed by atoms with van der Waals surface area (Å²) in [5, 5.41) is 4.78. The van der Waals surface area contributed by atoms with Gasteiger partial charge in [0.2, 0.25) is 0 Å². The van der Waals surface area contributed by atoms with E-state index in [1.807, 2.05) is 0 Å². The minimum atomic E-state index is -0.0769. The smallest absolute Gasteiger partial charge is 0.274 e. The quantitative estimate of drug-likeness (QED) is 0.845. The summed E-state index contributed by atoms with van der Waals surface area (Å²) < 4.78 is 2.10. The first kappa shape index (κ1) is 17.1. The maximum Gasteiger partial charge on any atom is 0.274 e. The summed E-state index contributed by atoms with van der Waals surface area (Å²) in [6.45, 7) is 8.56. The van der Waals surface area contributed by atoms with Gasteiger partial charge in [-0.25, -0.2) is 0 Å². The largest absolute Gasteiger partial charge is 0.333 e. The van der Waals surface area contributed by atoms with Gasteiger partial charge in [-0.05, 0) is 79.0 Å². The highest BCUT2D eigenvalue weighted by atomic mass is 16.2. The fourth-order valence-corrected chi connectivity index (χ4v) is 4.72. The predicted octanol–water partition coefficient (Wildman–Crippen LogP) is 3.21. The predicted molar refractivity (Wildman–Crippen MR) is 98.9 cm³/mol. The number of carbonyl (C=O) groups excluding carboxylic acids is 1. The number of hydrogen-bond donors (Lipinski definition) is 0. The van der Waals surface area contributed by atoms with E-state index in [9.17, 15) is 4.79 Å². The molecule has 3 aliphatic rings. The molecule has 2 saturated heterocycles. The number of amides is 1. The molecule has 2 aliphatic heterocycles. The van der Waals surface area contributed by atoms with Gasteiger partial charge in [0.25, 0.3) is 5.91 Å². The van der Waals surface area contributed by atoms with Crippen LogP contribution in [0.2, 0.25) is 0 Å². The van der Waals surface area contributed by atoms with Gasteiger partial charge in [0.1, 0.15) is 0 Å². The Kier molecular flexibility index (Phi) is 4.18. The van der Waals surface area contributed by atoms with Gasteiger partial charge in [-0.1, -0.05) is 0 Å². The third-order valence-corrected chi connectivity index (χ3v) is 6.17. The average Bonchev–Trinajstić information content (AvgIpc) is 2.98. The number of likely N-dealkylation sites (tertiary alicyclic amines) is 2. The molecule has 0 N–H and O–H groups in total. The van der Waals surface area contributed by atoms with Crippen LogP contribution in [0, 0.1) is 0 Å². The lowest BCUT2D eigenvalue weighted by Gasteiger charge is -2.32. The molecular formula is C20H32N4O. The third-order valence-electron chi connectivity index (χ3n) is 6.17. The summed E-state index contributed by atoms with van der Waals surface area (Å²) in [7, 11) is 2.21. The van der Waals surface area contributed by atoms with Crippen molar-refractivity contribution in [1.82, 2.24) is 19.6 Å². The third kappa shape index (κ3) is 3.12. The summed E-state index contributed by atoms with van der Waals surface area (Å²) in [4.78, 5) is 17.9.